The first kappa shape index (κ1) is 18.5. The van der Waals surface area contributed by atoms with Crippen LogP contribution in [0.2, 0.25) is 0 Å². The van der Waals surface area contributed by atoms with Crippen molar-refractivity contribution < 1.29 is 14.6 Å². The number of nitrogens with one attached hydrogen (secondary N) is 2. The summed E-state index contributed by atoms with van der Waals surface area (Å²) < 4.78 is 5.04. The molecular formula is C17H28N2O3. The van der Waals surface area contributed by atoms with Crippen molar-refractivity contribution in [2.75, 3.05) is 6.54 Å². The minimum absolute atomic E-state index is 0.230. The lowest BCUT2D eigenvalue weighted by molar-refractivity contribution is 0.124. The zero-order valence-electron chi connectivity index (χ0n) is 13.4. The van der Waals surface area contributed by atoms with Gasteiger partial charge in [0, 0.05) is 6.54 Å². The predicted molar refractivity (Wildman–Crippen MR) is 87.1 cm³/mol. The quantitative estimate of drug-likeness (QED) is 0.434. The molecule has 1 aromatic carbocycles. The molecule has 0 unspecified atom stereocenters. The first-order valence-electron chi connectivity index (χ1n) is 8.10. The summed E-state index contributed by atoms with van der Waals surface area (Å²) in [6.45, 7) is 2.74. The highest BCUT2D eigenvalue weighted by Crippen LogP contribution is 2.06. The van der Waals surface area contributed by atoms with E-state index in [0.29, 0.717) is 6.54 Å². The monoisotopic (exact) mass is 308 g/mol. The fourth-order valence-electron chi connectivity index (χ4n) is 2.09. The van der Waals surface area contributed by atoms with E-state index in [1.165, 1.54) is 19.3 Å². The van der Waals surface area contributed by atoms with Gasteiger partial charge in [0.05, 0.1) is 6.10 Å². The highest BCUT2D eigenvalue weighted by molar-refractivity contribution is 5.66. The summed E-state index contributed by atoms with van der Waals surface area (Å²) in [4.78, 5) is 11.5. The number of ether oxygens (including phenoxy) is 1. The molecule has 0 aliphatic carbocycles. The van der Waals surface area contributed by atoms with E-state index in [9.17, 15) is 9.90 Å². The molecule has 0 bridgehead atoms. The van der Waals surface area contributed by atoms with Crippen LogP contribution in [0.25, 0.3) is 0 Å². The van der Waals surface area contributed by atoms with Crippen LogP contribution in [0.15, 0.2) is 30.3 Å². The summed E-state index contributed by atoms with van der Waals surface area (Å²) in [5, 5.41) is 9.77. The molecule has 5 nitrogen and oxygen atoms in total. The third-order valence-corrected chi connectivity index (χ3v) is 3.38. The molecule has 0 spiro atoms. The van der Waals surface area contributed by atoms with Crippen LogP contribution in [0.3, 0.4) is 0 Å². The van der Waals surface area contributed by atoms with Crippen LogP contribution in [-0.2, 0) is 11.3 Å². The van der Waals surface area contributed by atoms with Crippen LogP contribution in [-0.4, -0.2) is 23.8 Å². The van der Waals surface area contributed by atoms with E-state index in [0.717, 1.165) is 24.8 Å². The smallest absolute Gasteiger partial charge is 0.421 e. The van der Waals surface area contributed by atoms with Gasteiger partial charge in [0.1, 0.15) is 6.61 Å². The summed E-state index contributed by atoms with van der Waals surface area (Å²) >= 11 is 0. The van der Waals surface area contributed by atoms with E-state index < -0.39 is 12.2 Å². The summed E-state index contributed by atoms with van der Waals surface area (Å²) in [7, 11) is 0. The molecule has 0 aliphatic heterocycles. The average molecular weight is 308 g/mol. The summed E-state index contributed by atoms with van der Waals surface area (Å²) in [6.07, 6.45) is 5.62. The number of hydrogen-bond donors (Lipinski definition) is 3. The molecule has 0 fully saturated rings. The highest BCUT2D eigenvalue weighted by atomic mass is 16.6. The van der Waals surface area contributed by atoms with Crippen molar-refractivity contribution in [2.45, 2.75) is 58.2 Å². The SMILES string of the molecule is CCCCCCC[C@@H](O)CNNC(=O)OCc1ccccc1. The Balaban J connectivity index is 1.99. The van der Waals surface area contributed by atoms with Gasteiger partial charge >= 0.3 is 6.09 Å². The van der Waals surface area contributed by atoms with Crippen LogP contribution < -0.4 is 10.9 Å². The molecule has 0 saturated carbocycles. The molecule has 1 aromatic rings. The molecule has 1 atom stereocenters. The Morgan fingerprint density at radius 3 is 2.64 bits per heavy atom. The van der Waals surface area contributed by atoms with Crippen LogP contribution in [0.4, 0.5) is 4.79 Å². The largest absolute Gasteiger partial charge is 0.444 e. The maximum atomic E-state index is 11.5. The molecular weight excluding hydrogens is 280 g/mol. The Morgan fingerprint density at radius 2 is 1.91 bits per heavy atom. The Kier molecular flexibility index (Phi) is 10.1. The number of amides is 1. The number of carbonyl (C=O) groups excluding carboxylic acids is 1. The molecule has 0 heterocycles. The summed E-state index contributed by atoms with van der Waals surface area (Å²) in [5.74, 6) is 0. The standard InChI is InChI=1S/C17H28N2O3/c1-2-3-4-5-9-12-16(20)13-18-19-17(21)22-14-15-10-7-6-8-11-15/h6-8,10-11,16,18,20H,2-5,9,12-14H2,1H3,(H,19,21)/t16-/m1/s1. The zero-order valence-corrected chi connectivity index (χ0v) is 13.4. The van der Waals surface area contributed by atoms with Crippen LogP contribution in [0.1, 0.15) is 51.0 Å². The van der Waals surface area contributed by atoms with Crippen molar-refractivity contribution in [3.8, 4) is 0 Å². The van der Waals surface area contributed by atoms with E-state index in [1.807, 2.05) is 30.3 Å². The second kappa shape index (κ2) is 12.0. The van der Waals surface area contributed by atoms with E-state index in [4.69, 9.17) is 4.74 Å². The van der Waals surface area contributed by atoms with Gasteiger partial charge in [0.15, 0.2) is 0 Å². The number of aliphatic hydroxyl groups is 1. The van der Waals surface area contributed by atoms with Crippen molar-refractivity contribution in [1.29, 1.82) is 0 Å². The summed E-state index contributed by atoms with van der Waals surface area (Å²) in [6, 6.07) is 9.48. The lowest BCUT2D eigenvalue weighted by atomic mass is 10.1. The summed E-state index contributed by atoms with van der Waals surface area (Å²) in [5.41, 5.74) is 6.06. The van der Waals surface area contributed by atoms with E-state index in [2.05, 4.69) is 17.8 Å². The lowest BCUT2D eigenvalue weighted by Crippen LogP contribution is -2.42. The average Bonchev–Trinajstić information content (AvgIpc) is 2.54. The molecule has 124 valence electrons. The zero-order chi connectivity index (χ0) is 16.0. The second-order valence-electron chi connectivity index (χ2n) is 5.42. The number of hydrogen-bond acceptors (Lipinski definition) is 4. The predicted octanol–water partition coefficient (Wildman–Crippen LogP) is 3.14. The minimum atomic E-state index is -0.543. The van der Waals surface area contributed by atoms with Crippen molar-refractivity contribution in [3.63, 3.8) is 0 Å². The Morgan fingerprint density at radius 1 is 1.18 bits per heavy atom. The maximum absolute atomic E-state index is 11.5. The first-order chi connectivity index (χ1) is 10.7. The van der Waals surface area contributed by atoms with Crippen LogP contribution in [0.5, 0.6) is 0 Å². The van der Waals surface area contributed by atoms with Crippen molar-refractivity contribution in [2.24, 2.45) is 0 Å². The Bertz CT molecular complexity index is 398. The van der Waals surface area contributed by atoms with Crippen molar-refractivity contribution in [1.82, 2.24) is 10.9 Å². The molecule has 22 heavy (non-hydrogen) atoms. The van der Waals surface area contributed by atoms with Gasteiger partial charge in [-0.1, -0.05) is 69.4 Å². The number of rotatable bonds is 11. The molecule has 0 aliphatic rings. The van der Waals surface area contributed by atoms with Gasteiger partial charge < -0.3 is 9.84 Å². The van der Waals surface area contributed by atoms with Crippen LogP contribution >= 0.6 is 0 Å². The molecule has 0 saturated heterocycles. The topological polar surface area (TPSA) is 70.6 Å². The Hall–Kier alpha value is -1.59. The Labute approximate surface area is 133 Å². The molecule has 0 aromatic heterocycles. The van der Waals surface area contributed by atoms with Gasteiger partial charge in [-0.2, -0.15) is 0 Å². The van der Waals surface area contributed by atoms with Crippen LogP contribution in [0, 0.1) is 0 Å². The van der Waals surface area contributed by atoms with Crippen molar-refractivity contribution in [3.05, 3.63) is 35.9 Å². The number of hydrazine groups is 1. The third-order valence-electron chi connectivity index (χ3n) is 3.38. The normalized spacial score (nSPS) is 11.9. The molecule has 5 heteroatoms. The molecule has 3 N–H and O–H groups in total. The number of benzene rings is 1. The van der Waals surface area contributed by atoms with Gasteiger partial charge in [0.25, 0.3) is 0 Å². The van der Waals surface area contributed by atoms with E-state index >= 15 is 0 Å². The van der Waals surface area contributed by atoms with E-state index in [-0.39, 0.29) is 6.61 Å². The third kappa shape index (κ3) is 9.37. The lowest BCUT2D eigenvalue weighted by Gasteiger charge is -2.12. The molecule has 1 amide bonds. The number of aliphatic hydroxyl groups excluding tert-OH is 1. The number of carbonyl (C=O) groups is 1. The highest BCUT2D eigenvalue weighted by Gasteiger charge is 2.06. The van der Waals surface area contributed by atoms with Crippen molar-refractivity contribution >= 4 is 6.09 Å². The van der Waals surface area contributed by atoms with Gasteiger partial charge in [-0.25, -0.2) is 10.2 Å². The number of unbranched alkanes of at least 4 members (excludes halogenated alkanes) is 4. The fraction of sp³-hybridized carbons (Fsp3) is 0.588. The van der Waals surface area contributed by atoms with E-state index in [1.54, 1.807) is 0 Å². The minimum Gasteiger partial charge on any atom is -0.444 e. The van der Waals surface area contributed by atoms with Gasteiger partial charge in [-0.05, 0) is 12.0 Å². The molecule has 1 rings (SSSR count). The maximum Gasteiger partial charge on any atom is 0.421 e. The first-order valence-corrected chi connectivity index (χ1v) is 8.10. The fourth-order valence-corrected chi connectivity index (χ4v) is 2.09. The second-order valence-corrected chi connectivity index (χ2v) is 5.42. The van der Waals surface area contributed by atoms with Gasteiger partial charge in [0.2, 0.25) is 0 Å². The van der Waals surface area contributed by atoms with Gasteiger partial charge in [-0.3, -0.25) is 5.43 Å². The van der Waals surface area contributed by atoms with Gasteiger partial charge in [-0.15, -0.1) is 0 Å². The molecule has 0 radical (unpaired) electrons.